The van der Waals surface area contributed by atoms with Crippen LogP contribution in [0.2, 0.25) is 0 Å². The molecule has 1 aliphatic heterocycles. The maximum atomic E-state index is 10.5. The van der Waals surface area contributed by atoms with Crippen LogP contribution in [0, 0.1) is 0 Å². The standard InChI is InChI=1S/C18H19NO2/c20-16-10-4-1-7-13(16)19-14-8-2-5-11-17(14)21-18-12-6-3-9-15(18)19/h2-3,5-6,8-9,11-13,16,20H,1,4,7,10H2/t13-,16?/m0/s1. The molecule has 0 radical (unpaired) electrons. The summed E-state index contributed by atoms with van der Waals surface area (Å²) in [5.41, 5.74) is 2.12. The lowest BCUT2D eigenvalue weighted by molar-refractivity contribution is 0.107. The van der Waals surface area contributed by atoms with Crippen molar-refractivity contribution in [1.82, 2.24) is 0 Å². The minimum atomic E-state index is -0.280. The van der Waals surface area contributed by atoms with Crippen molar-refractivity contribution in [1.29, 1.82) is 0 Å². The number of para-hydroxylation sites is 4. The number of hydrogen-bond donors (Lipinski definition) is 1. The third-order valence-corrected chi connectivity index (χ3v) is 4.50. The molecule has 2 aromatic carbocycles. The number of aliphatic hydroxyl groups excluding tert-OH is 1. The molecular formula is C18H19NO2. The molecule has 1 N–H and O–H groups in total. The second-order valence-electron chi connectivity index (χ2n) is 5.83. The minimum Gasteiger partial charge on any atom is -0.453 e. The highest BCUT2D eigenvalue weighted by Gasteiger charge is 2.34. The molecule has 0 spiro atoms. The Morgan fingerprint density at radius 2 is 1.43 bits per heavy atom. The topological polar surface area (TPSA) is 32.7 Å². The molecule has 2 aliphatic rings. The van der Waals surface area contributed by atoms with Crippen LogP contribution in [0.1, 0.15) is 25.7 Å². The van der Waals surface area contributed by atoms with E-state index in [1.165, 1.54) is 6.42 Å². The van der Waals surface area contributed by atoms with Crippen molar-refractivity contribution < 1.29 is 9.84 Å². The molecule has 0 amide bonds. The summed E-state index contributed by atoms with van der Waals surface area (Å²) in [6.45, 7) is 0. The summed E-state index contributed by atoms with van der Waals surface area (Å²) in [5.74, 6) is 1.74. The van der Waals surface area contributed by atoms with E-state index in [4.69, 9.17) is 4.74 Å². The Hall–Kier alpha value is -2.00. The van der Waals surface area contributed by atoms with Crippen LogP contribution in [0.3, 0.4) is 0 Å². The average Bonchev–Trinajstić information content (AvgIpc) is 2.53. The van der Waals surface area contributed by atoms with E-state index in [0.29, 0.717) is 0 Å². The Labute approximate surface area is 124 Å². The molecular weight excluding hydrogens is 262 g/mol. The van der Waals surface area contributed by atoms with Crippen LogP contribution in [0.25, 0.3) is 0 Å². The van der Waals surface area contributed by atoms with E-state index in [9.17, 15) is 5.11 Å². The fraction of sp³-hybridized carbons (Fsp3) is 0.333. The largest absolute Gasteiger partial charge is 0.453 e. The van der Waals surface area contributed by atoms with Gasteiger partial charge in [-0.05, 0) is 37.1 Å². The SMILES string of the molecule is OC1CCCC[C@@H]1N1c2ccccc2Oc2ccccc21. The van der Waals surface area contributed by atoms with Crippen molar-refractivity contribution in [2.75, 3.05) is 4.90 Å². The van der Waals surface area contributed by atoms with Gasteiger partial charge in [-0.3, -0.25) is 0 Å². The van der Waals surface area contributed by atoms with Crippen LogP contribution in [-0.2, 0) is 0 Å². The normalized spacial score (nSPS) is 24.0. The number of rotatable bonds is 1. The molecule has 4 rings (SSSR count). The molecule has 2 atom stereocenters. The smallest absolute Gasteiger partial charge is 0.151 e. The molecule has 1 aliphatic carbocycles. The van der Waals surface area contributed by atoms with Gasteiger partial charge < -0.3 is 14.7 Å². The molecule has 0 aromatic heterocycles. The van der Waals surface area contributed by atoms with E-state index < -0.39 is 0 Å². The molecule has 1 unspecified atom stereocenters. The molecule has 0 bridgehead atoms. The molecule has 1 fully saturated rings. The predicted octanol–water partition coefficient (Wildman–Crippen LogP) is 4.23. The lowest BCUT2D eigenvalue weighted by Crippen LogP contribution is -2.44. The summed E-state index contributed by atoms with van der Waals surface area (Å²) in [6, 6.07) is 16.3. The minimum absolute atomic E-state index is 0.130. The van der Waals surface area contributed by atoms with Gasteiger partial charge >= 0.3 is 0 Å². The number of fused-ring (bicyclic) bond motifs is 2. The zero-order valence-corrected chi connectivity index (χ0v) is 11.9. The Balaban J connectivity index is 1.85. The quantitative estimate of drug-likeness (QED) is 0.849. The van der Waals surface area contributed by atoms with Crippen LogP contribution in [0.4, 0.5) is 11.4 Å². The summed E-state index contributed by atoms with van der Waals surface area (Å²) < 4.78 is 6.01. The van der Waals surface area contributed by atoms with E-state index in [0.717, 1.165) is 42.1 Å². The van der Waals surface area contributed by atoms with Crippen molar-refractivity contribution in [2.45, 2.75) is 37.8 Å². The van der Waals surface area contributed by atoms with Crippen molar-refractivity contribution in [3.05, 3.63) is 48.5 Å². The van der Waals surface area contributed by atoms with Gasteiger partial charge in [-0.25, -0.2) is 0 Å². The summed E-state index contributed by atoms with van der Waals surface area (Å²) >= 11 is 0. The molecule has 3 heteroatoms. The first-order valence-electron chi connectivity index (χ1n) is 7.68. The fourth-order valence-corrected chi connectivity index (χ4v) is 3.48. The van der Waals surface area contributed by atoms with E-state index >= 15 is 0 Å². The zero-order chi connectivity index (χ0) is 14.2. The first-order chi connectivity index (χ1) is 10.3. The highest BCUT2D eigenvalue weighted by atomic mass is 16.5. The van der Waals surface area contributed by atoms with Gasteiger partial charge in [0.1, 0.15) is 0 Å². The van der Waals surface area contributed by atoms with Crippen LogP contribution in [0.5, 0.6) is 11.5 Å². The van der Waals surface area contributed by atoms with Gasteiger partial charge in [0.15, 0.2) is 11.5 Å². The van der Waals surface area contributed by atoms with Gasteiger partial charge in [0, 0.05) is 0 Å². The predicted molar refractivity (Wildman–Crippen MR) is 83.4 cm³/mol. The highest BCUT2D eigenvalue weighted by molar-refractivity contribution is 5.78. The van der Waals surface area contributed by atoms with Crippen LogP contribution >= 0.6 is 0 Å². The van der Waals surface area contributed by atoms with Crippen molar-refractivity contribution >= 4 is 11.4 Å². The van der Waals surface area contributed by atoms with Crippen LogP contribution < -0.4 is 9.64 Å². The molecule has 0 saturated heterocycles. The third kappa shape index (κ3) is 2.09. The molecule has 108 valence electrons. The fourth-order valence-electron chi connectivity index (χ4n) is 3.48. The number of benzene rings is 2. The number of nitrogens with zero attached hydrogens (tertiary/aromatic N) is 1. The Morgan fingerprint density at radius 1 is 0.857 bits per heavy atom. The maximum absolute atomic E-state index is 10.5. The van der Waals surface area contributed by atoms with Crippen molar-refractivity contribution in [3.8, 4) is 11.5 Å². The molecule has 1 heterocycles. The van der Waals surface area contributed by atoms with Crippen LogP contribution in [-0.4, -0.2) is 17.3 Å². The number of aliphatic hydroxyl groups is 1. The van der Waals surface area contributed by atoms with Crippen molar-refractivity contribution in [3.63, 3.8) is 0 Å². The maximum Gasteiger partial charge on any atom is 0.151 e. The van der Waals surface area contributed by atoms with Gasteiger partial charge in [-0.15, -0.1) is 0 Å². The highest BCUT2D eigenvalue weighted by Crippen LogP contribution is 2.48. The number of hydrogen-bond acceptors (Lipinski definition) is 3. The lowest BCUT2D eigenvalue weighted by atomic mass is 9.90. The van der Waals surface area contributed by atoms with E-state index in [1.807, 2.05) is 36.4 Å². The number of ether oxygens (including phenoxy) is 1. The molecule has 3 nitrogen and oxygen atoms in total. The van der Waals surface area contributed by atoms with E-state index in [2.05, 4.69) is 17.0 Å². The van der Waals surface area contributed by atoms with Gasteiger partial charge in [0.05, 0.1) is 23.5 Å². The second-order valence-corrected chi connectivity index (χ2v) is 5.83. The first kappa shape index (κ1) is 12.7. The van der Waals surface area contributed by atoms with Gasteiger partial charge in [0.2, 0.25) is 0 Å². The van der Waals surface area contributed by atoms with Crippen LogP contribution in [0.15, 0.2) is 48.5 Å². The first-order valence-corrected chi connectivity index (χ1v) is 7.68. The van der Waals surface area contributed by atoms with E-state index in [1.54, 1.807) is 0 Å². The van der Waals surface area contributed by atoms with Crippen molar-refractivity contribution in [2.24, 2.45) is 0 Å². The van der Waals surface area contributed by atoms with Gasteiger partial charge in [-0.2, -0.15) is 0 Å². The zero-order valence-electron chi connectivity index (χ0n) is 11.9. The average molecular weight is 281 g/mol. The summed E-state index contributed by atoms with van der Waals surface area (Å²) in [7, 11) is 0. The second kappa shape index (κ2) is 5.08. The summed E-state index contributed by atoms with van der Waals surface area (Å²) in [4.78, 5) is 2.28. The van der Waals surface area contributed by atoms with E-state index in [-0.39, 0.29) is 12.1 Å². The third-order valence-electron chi connectivity index (χ3n) is 4.50. The number of anilines is 2. The molecule has 1 saturated carbocycles. The Morgan fingerprint density at radius 3 is 2.05 bits per heavy atom. The monoisotopic (exact) mass is 281 g/mol. The van der Waals surface area contributed by atoms with Gasteiger partial charge in [0.25, 0.3) is 0 Å². The Kier molecular flexibility index (Phi) is 3.08. The molecule has 21 heavy (non-hydrogen) atoms. The van der Waals surface area contributed by atoms with Gasteiger partial charge in [-0.1, -0.05) is 37.1 Å². The molecule has 2 aromatic rings. The summed E-state index contributed by atoms with van der Waals surface area (Å²) in [5, 5.41) is 10.5. The summed E-state index contributed by atoms with van der Waals surface area (Å²) in [6.07, 6.45) is 3.91. The lowest BCUT2D eigenvalue weighted by Gasteiger charge is -2.42. The Bertz CT molecular complexity index is 610.